The van der Waals surface area contributed by atoms with E-state index in [2.05, 4.69) is 0 Å². The van der Waals surface area contributed by atoms with Crippen LogP contribution in [0.15, 0.2) is 24.3 Å². The van der Waals surface area contributed by atoms with Crippen molar-refractivity contribution in [2.45, 2.75) is 13.3 Å². The van der Waals surface area contributed by atoms with Crippen molar-refractivity contribution in [3.8, 4) is 0 Å². The molecule has 0 radical (unpaired) electrons. The van der Waals surface area contributed by atoms with Crippen LogP contribution in [0.4, 0.5) is 0 Å². The molecule has 1 nitrogen and oxygen atoms in total. The third kappa shape index (κ3) is 2.13. The van der Waals surface area contributed by atoms with Crippen LogP contribution in [0.5, 0.6) is 0 Å². The summed E-state index contributed by atoms with van der Waals surface area (Å²) in [6.07, 6.45) is 0.685. The number of hydrogen-bond donors (Lipinski definition) is 1. The Kier molecular flexibility index (Phi) is 3.38. The van der Waals surface area contributed by atoms with Crippen LogP contribution in [0.1, 0.15) is 18.1 Å². The Morgan fingerprint density at radius 3 is 2.67 bits per heavy atom. The van der Waals surface area contributed by atoms with Crippen molar-refractivity contribution in [3.63, 3.8) is 0 Å². The lowest BCUT2D eigenvalue weighted by molar-refractivity contribution is 0.299. The number of hydrogen-bond acceptors (Lipinski definition) is 2. The second-order valence-electron chi connectivity index (χ2n) is 2.69. The predicted molar refractivity (Wildman–Crippen MR) is 54.6 cm³/mol. The van der Waals surface area contributed by atoms with E-state index < -0.39 is 0 Å². The highest BCUT2D eigenvalue weighted by Crippen LogP contribution is 2.10. The van der Waals surface area contributed by atoms with Crippen molar-refractivity contribution in [2.75, 3.05) is 6.61 Å². The smallest absolute Gasteiger partial charge is 0.0471 e. The van der Waals surface area contributed by atoms with E-state index in [1.807, 2.05) is 31.2 Å². The number of aliphatic hydroxyl groups excluding tert-OH is 1. The molecule has 1 rings (SSSR count). The molecule has 64 valence electrons. The second kappa shape index (κ2) is 4.33. The molecule has 0 aliphatic carbocycles. The van der Waals surface area contributed by atoms with E-state index in [1.54, 1.807) is 0 Å². The van der Waals surface area contributed by atoms with Crippen LogP contribution >= 0.6 is 12.2 Å². The third-order valence-corrected chi connectivity index (χ3v) is 2.00. The fraction of sp³-hybridized carbons (Fsp3) is 0.300. The Morgan fingerprint density at radius 2 is 2.08 bits per heavy atom. The number of rotatable bonds is 3. The van der Waals surface area contributed by atoms with Crippen LogP contribution in [-0.4, -0.2) is 16.6 Å². The van der Waals surface area contributed by atoms with Gasteiger partial charge in [0.25, 0.3) is 0 Å². The van der Waals surface area contributed by atoms with Gasteiger partial charge in [0, 0.05) is 11.5 Å². The zero-order valence-electron chi connectivity index (χ0n) is 7.08. The van der Waals surface area contributed by atoms with E-state index >= 15 is 0 Å². The molecule has 0 amide bonds. The highest BCUT2D eigenvalue weighted by molar-refractivity contribution is 7.80. The Labute approximate surface area is 78.0 Å². The Balaban J connectivity index is 3.00. The number of benzene rings is 1. The van der Waals surface area contributed by atoms with Gasteiger partial charge in [0.05, 0.1) is 0 Å². The average molecular weight is 180 g/mol. The molecule has 0 heterocycles. The van der Waals surface area contributed by atoms with Gasteiger partial charge in [0.1, 0.15) is 0 Å². The average Bonchev–Trinajstić information content (AvgIpc) is 2.05. The van der Waals surface area contributed by atoms with Crippen LogP contribution < -0.4 is 0 Å². The fourth-order valence-electron chi connectivity index (χ4n) is 1.20. The van der Waals surface area contributed by atoms with Gasteiger partial charge in [-0.25, -0.2) is 0 Å². The van der Waals surface area contributed by atoms with Crippen molar-refractivity contribution in [2.24, 2.45) is 0 Å². The molecule has 0 aliphatic rings. The zero-order valence-corrected chi connectivity index (χ0v) is 7.90. The van der Waals surface area contributed by atoms with E-state index in [4.69, 9.17) is 17.3 Å². The predicted octanol–water partition coefficient (Wildman–Crippen LogP) is 1.96. The second-order valence-corrected chi connectivity index (χ2v) is 3.30. The molecule has 1 aromatic carbocycles. The molecule has 0 saturated heterocycles. The normalized spacial score (nSPS) is 9.83. The molecule has 0 aromatic heterocycles. The molecule has 2 heteroatoms. The molecule has 1 N–H and O–H groups in total. The van der Waals surface area contributed by atoms with Crippen molar-refractivity contribution in [3.05, 3.63) is 35.4 Å². The van der Waals surface area contributed by atoms with Crippen molar-refractivity contribution in [1.29, 1.82) is 0 Å². The van der Waals surface area contributed by atoms with E-state index in [0.29, 0.717) is 6.42 Å². The van der Waals surface area contributed by atoms with Gasteiger partial charge in [-0.2, -0.15) is 0 Å². The molecule has 12 heavy (non-hydrogen) atoms. The minimum absolute atomic E-state index is 0.180. The molecule has 0 atom stereocenters. The molecule has 1 aromatic rings. The summed E-state index contributed by atoms with van der Waals surface area (Å²) in [6.45, 7) is 2.09. The van der Waals surface area contributed by atoms with Gasteiger partial charge in [-0.1, -0.05) is 36.5 Å². The van der Waals surface area contributed by atoms with E-state index in [1.165, 1.54) is 0 Å². The maximum Gasteiger partial charge on any atom is 0.0471 e. The van der Waals surface area contributed by atoms with Crippen LogP contribution in [0.3, 0.4) is 0 Å². The first kappa shape index (κ1) is 9.36. The summed E-state index contributed by atoms with van der Waals surface area (Å²) in [7, 11) is 0. The molecule has 0 bridgehead atoms. The minimum Gasteiger partial charge on any atom is -0.396 e. The lowest BCUT2D eigenvalue weighted by atomic mass is 10.0. The SMILES string of the molecule is CC(=S)c1ccccc1CCO. The quantitative estimate of drug-likeness (QED) is 0.567. The molecule has 0 spiro atoms. The molecule has 0 aliphatic heterocycles. The van der Waals surface area contributed by atoms with Crippen LogP contribution in [0.2, 0.25) is 0 Å². The van der Waals surface area contributed by atoms with E-state index in [0.717, 1.165) is 16.0 Å². The minimum atomic E-state index is 0.180. The summed E-state index contributed by atoms with van der Waals surface area (Å²) >= 11 is 5.08. The third-order valence-electron chi connectivity index (χ3n) is 1.78. The molecular formula is C10H12OS. The van der Waals surface area contributed by atoms with E-state index in [9.17, 15) is 0 Å². The maximum absolute atomic E-state index is 8.78. The lowest BCUT2D eigenvalue weighted by Crippen LogP contribution is -2.00. The summed E-state index contributed by atoms with van der Waals surface area (Å²) in [6, 6.07) is 7.92. The Bertz CT molecular complexity index is 281. The van der Waals surface area contributed by atoms with Gasteiger partial charge in [-0.15, -0.1) is 0 Å². The molecular weight excluding hydrogens is 168 g/mol. The van der Waals surface area contributed by atoms with Crippen molar-refractivity contribution < 1.29 is 5.11 Å². The Morgan fingerprint density at radius 1 is 1.42 bits per heavy atom. The lowest BCUT2D eigenvalue weighted by Gasteiger charge is -2.05. The fourth-order valence-corrected chi connectivity index (χ4v) is 1.40. The number of thiocarbonyl (C=S) groups is 1. The first-order valence-corrected chi connectivity index (χ1v) is 4.36. The summed E-state index contributed by atoms with van der Waals surface area (Å²) in [5.41, 5.74) is 2.22. The van der Waals surface area contributed by atoms with Crippen molar-refractivity contribution >= 4 is 17.1 Å². The molecule has 0 saturated carbocycles. The summed E-state index contributed by atoms with van der Waals surface area (Å²) in [5.74, 6) is 0. The summed E-state index contributed by atoms with van der Waals surface area (Å²) in [5, 5.41) is 8.78. The van der Waals surface area contributed by atoms with Gasteiger partial charge in [0.15, 0.2) is 0 Å². The molecule has 0 unspecified atom stereocenters. The summed E-state index contributed by atoms with van der Waals surface area (Å²) in [4.78, 5) is 0.888. The van der Waals surface area contributed by atoms with Gasteiger partial charge >= 0.3 is 0 Å². The van der Waals surface area contributed by atoms with Gasteiger partial charge in [0.2, 0.25) is 0 Å². The molecule has 0 fully saturated rings. The largest absolute Gasteiger partial charge is 0.396 e. The van der Waals surface area contributed by atoms with Crippen LogP contribution in [-0.2, 0) is 6.42 Å². The van der Waals surface area contributed by atoms with E-state index in [-0.39, 0.29) is 6.61 Å². The number of aliphatic hydroxyl groups is 1. The first-order chi connectivity index (χ1) is 5.75. The Hall–Kier alpha value is -0.730. The van der Waals surface area contributed by atoms with Gasteiger partial charge in [-0.05, 0) is 24.5 Å². The topological polar surface area (TPSA) is 20.2 Å². The first-order valence-electron chi connectivity index (χ1n) is 3.95. The zero-order chi connectivity index (χ0) is 8.97. The van der Waals surface area contributed by atoms with Gasteiger partial charge in [-0.3, -0.25) is 0 Å². The van der Waals surface area contributed by atoms with Crippen LogP contribution in [0.25, 0.3) is 0 Å². The highest BCUT2D eigenvalue weighted by Gasteiger charge is 2.01. The van der Waals surface area contributed by atoms with Gasteiger partial charge < -0.3 is 5.11 Å². The maximum atomic E-state index is 8.78. The van der Waals surface area contributed by atoms with Crippen molar-refractivity contribution in [1.82, 2.24) is 0 Å². The standard InChI is InChI=1S/C10H12OS/c1-8(12)10-5-3-2-4-9(10)6-7-11/h2-5,11H,6-7H2,1H3. The summed E-state index contributed by atoms with van der Waals surface area (Å²) < 4.78 is 0. The highest BCUT2D eigenvalue weighted by atomic mass is 32.1. The monoisotopic (exact) mass is 180 g/mol. The van der Waals surface area contributed by atoms with Crippen LogP contribution in [0, 0.1) is 0 Å².